The Morgan fingerprint density at radius 1 is 1.43 bits per heavy atom. The van der Waals surface area contributed by atoms with Gasteiger partial charge in [-0.2, -0.15) is 0 Å². The summed E-state index contributed by atoms with van der Waals surface area (Å²) in [5.74, 6) is -2.33. The molecule has 0 amide bonds. The molecule has 0 aromatic heterocycles. The van der Waals surface area contributed by atoms with E-state index in [0.717, 1.165) is 0 Å². The summed E-state index contributed by atoms with van der Waals surface area (Å²) in [5, 5.41) is 9.20. The van der Waals surface area contributed by atoms with Gasteiger partial charge in [-0.05, 0) is 0 Å². The number of fused-ring (bicyclic) bond motifs is 5. The van der Waals surface area contributed by atoms with Crippen molar-refractivity contribution in [1.29, 1.82) is 0 Å². The molecule has 14 heavy (non-hydrogen) atoms. The number of cyclic esters (lactones) is 2. The van der Waals surface area contributed by atoms with Gasteiger partial charge in [0.25, 0.3) is 0 Å². The van der Waals surface area contributed by atoms with Crippen molar-refractivity contribution in [2.75, 3.05) is 6.61 Å². The molecule has 0 aliphatic carbocycles. The lowest BCUT2D eigenvalue weighted by Gasteiger charge is -2.23. The molecule has 2 bridgehead atoms. The molecule has 0 aromatic carbocycles. The average Bonchev–Trinajstić information content (AvgIpc) is 2.78. The quantitative estimate of drug-likeness (QED) is 0.331. The van der Waals surface area contributed by atoms with Crippen LogP contribution in [0.25, 0.3) is 0 Å². The molecule has 5 nitrogen and oxygen atoms in total. The molecule has 2 fully saturated rings. The molecule has 0 radical (unpaired) electrons. The number of hydrogen-bond acceptors (Lipinski definition) is 5. The van der Waals surface area contributed by atoms with Crippen molar-refractivity contribution < 1.29 is 24.2 Å². The number of rotatable bonds is 1. The van der Waals surface area contributed by atoms with Crippen molar-refractivity contribution in [3.63, 3.8) is 0 Å². The molecule has 0 spiro atoms. The Kier molecular flexibility index (Phi) is 1.30. The van der Waals surface area contributed by atoms with Crippen LogP contribution in [-0.2, 0) is 19.1 Å². The monoisotopic (exact) mass is 196 g/mol. The Bertz CT molecular complexity index is 360. The van der Waals surface area contributed by atoms with Crippen LogP contribution < -0.4 is 0 Å². The van der Waals surface area contributed by atoms with Crippen LogP contribution in [-0.4, -0.2) is 35.4 Å². The summed E-state index contributed by atoms with van der Waals surface area (Å²) in [5.41, 5.74) is -1.02. The number of carbonyl (C=O) groups is 2. The zero-order valence-corrected chi connectivity index (χ0v) is 7.17. The SMILES string of the molecule is O=C1OC(=O)[C@@H]2[C@H]1[C@H]1C=C[C@]2(CO)O1. The van der Waals surface area contributed by atoms with E-state index in [1.165, 1.54) is 0 Å². The highest BCUT2D eigenvalue weighted by Crippen LogP contribution is 2.50. The summed E-state index contributed by atoms with van der Waals surface area (Å²) < 4.78 is 9.96. The molecule has 1 N–H and O–H groups in total. The van der Waals surface area contributed by atoms with E-state index in [2.05, 4.69) is 4.74 Å². The number of aliphatic hydroxyl groups is 1. The van der Waals surface area contributed by atoms with E-state index in [1.807, 2.05) is 0 Å². The van der Waals surface area contributed by atoms with Crippen LogP contribution in [0.1, 0.15) is 0 Å². The van der Waals surface area contributed by atoms with Crippen LogP contribution >= 0.6 is 0 Å². The second-order valence-electron chi connectivity index (χ2n) is 3.80. The molecule has 74 valence electrons. The predicted octanol–water partition coefficient (Wildman–Crippen LogP) is -0.998. The molecule has 3 aliphatic rings. The lowest BCUT2D eigenvalue weighted by Crippen LogP contribution is -2.41. The molecule has 3 heterocycles. The predicted molar refractivity (Wildman–Crippen MR) is 41.9 cm³/mol. The highest BCUT2D eigenvalue weighted by atomic mass is 16.6. The number of hydrogen-bond donors (Lipinski definition) is 1. The first-order valence-electron chi connectivity index (χ1n) is 4.41. The Labute approximate surface area is 79.3 Å². The second kappa shape index (κ2) is 2.24. The third-order valence-corrected chi connectivity index (χ3v) is 3.14. The van der Waals surface area contributed by atoms with Crippen molar-refractivity contribution >= 4 is 11.9 Å². The smallest absolute Gasteiger partial charge is 0.320 e. The van der Waals surface area contributed by atoms with Crippen LogP contribution in [0.5, 0.6) is 0 Å². The van der Waals surface area contributed by atoms with Crippen molar-refractivity contribution in [3.05, 3.63) is 12.2 Å². The first kappa shape index (κ1) is 8.14. The van der Waals surface area contributed by atoms with E-state index >= 15 is 0 Å². The molecule has 2 saturated heterocycles. The largest absolute Gasteiger partial charge is 0.393 e. The third kappa shape index (κ3) is 0.689. The highest BCUT2D eigenvalue weighted by Gasteiger charge is 2.66. The van der Waals surface area contributed by atoms with Gasteiger partial charge in [-0.15, -0.1) is 0 Å². The lowest BCUT2D eigenvalue weighted by atomic mass is 9.77. The van der Waals surface area contributed by atoms with Crippen LogP contribution in [0.4, 0.5) is 0 Å². The molecule has 3 aliphatic heterocycles. The second-order valence-corrected chi connectivity index (χ2v) is 3.80. The first-order chi connectivity index (χ1) is 6.68. The van der Waals surface area contributed by atoms with Gasteiger partial charge in [0.1, 0.15) is 17.4 Å². The number of aliphatic hydroxyl groups excluding tert-OH is 1. The van der Waals surface area contributed by atoms with Crippen molar-refractivity contribution in [1.82, 2.24) is 0 Å². The van der Waals surface area contributed by atoms with Gasteiger partial charge in [-0.25, -0.2) is 0 Å². The number of ether oxygens (including phenoxy) is 2. The fourth-order valence-corrected chi connectivity index (χ4v) is 2.49. The Morgan fingerprint density at radius 2 is 2.21 bits per heavy atom. The number of carbonyl (C=O) groups excluding carboxylic acids is 2. The average molecular weight is 196 g/mol. The van der Waals surface area contributed by atoms with Crippen LogP contribution in [0.15, 0.2) is 12.2 Å². The lowest BCUT2D eigenvalue weighted by molar-refractivity contribution is -0.159. The van der Waals surface area contributed by atoms with Crippen LogP contribution in [0, 0.1) is 11.8 Å². The van der Waals surface area contributed by atoms with Crippen molar-refractivity contribution in [2.24, 2.45) is 11.8 Å². The summed E-state index contributed by atoms with van der Waals surface area (Å²) in [6.45, 7) is -0.302. The minimum absolute atomic E-state index is 0.302. The molecule has 0 saturated carbocycles. The minimum atomic E-state index is -1.02. The van der Waals surface area contributed by atoms with E-state index in [9.17, 15) is 14.7 Å². The van der Waals surface area contributed by atoms with E-state index in [0.29, 0.717) is 0 Å². The Balaban J connectivity index is 2.10. The maximum atomic E-state index is 11.4. The zero-order valence-electron chi connectivity index (χ0n) is 7.17. The van der Waals surface area contributed by atoms with E-state index in [-0.39, 0.29) is 6.61 Å². The molecule has 3 rings (SSSR count). The topological polar surface area (TPSA) is 72.8 Å². The van der Waals surface area contributed by atoms with E-state index < -0.39 is 35.5 Å². The van der Waals surface area contributed by atoms with Gasteiger partial charge in [0.15, 0.2) is 0 Å². The standard InChI is InChI=1S/C9H8O5/c10-3-9-2-1-4(14-9)5-6(9)8(12)13-7(5)11/h1-2,4-6,10H,3H2/t4-,5-,6+,9-/m1/s1. The van der Waals surface area contributed by atoms with Gasteiger partial charge in [-0.3, -0.25) is 9.59 Å². The fourth-order valence-electron chi connectivity index (χ4n) is 2.49. The third-order valence-electron chi connectivity index (χ3n) is 3.14. The molecule has 5 heteroatoms. The van der Waals surface area contributed by atoms with Crippen LogP contribution in [0.2, 0.25) is 0 Å². The molecule has 0 unspecified atom stereocenters. The van der Waals surface area contributed by atoms with E-state index in [1.54, 1.807) is 12.2 Å². The summed E-state index contributed by atoms with van der Waals surface area (Å²) in [7, 11) is 0. The maximum Gasteiger partial charge on any atom is 0.320 e. The minimum Gasteiger partial charge on any atom is -0.393 e. The molecule has 0 aromatic rings. The summed E-state index contributed by atoms with van der Waals surface area (Å²) >= 11 is 0. The van der Waals surface area contributed by atoms with Gasteiger partial charge in [0, 0.05) is 0 Å². The summed E-state index contributed by atoms with van der Waals surface area (Å²) in [6, 6.07) is 0. The summed E-state index contributed by atoms with van der Waals surface area (Å²) in [6.07, 6.45) is 2.95. The normalized spacial score (nSPS) is 48.5. The number of esters is 2. The van der Waals surface area contributed by atoms with Gasteiger partial charge in [0.2, 0.25) is 0 Å². The van der Waals surface area contributed by atoms with E-state index in [4.69, 9.17) is 4.74 Å². The Morgan fingerprint density at radius 3 is 2.93 bits per heavy atom. The Hall–Kier alpha value is -1.20. The summed E-state index contributed by atoms with van der Waals surface area (Å²) in [4.78, 5) is 22.6. The molecular formula is C9H8O5. The molecule has 4 atom stereocenters. The van der Waals surface area contributed by atoms with Gasteiger partial charge >= 0.3 is 11.9 Å². The highest BCUT2D eigenvalue weighted by molar-refractivity contribution is 5.99. The molecular weight excluding hydrogens is 188 g/mol. The van der Waals surface area contributed by atoms with Gasteiger partial charge in [-0.1, -0.05) is 12.2 Å². The zero-order chi connectivity index (χ0) is 9.92. The van der Waals surface area contributed by atoms with Crippen molar-refractivity contribution in [3.8, 4) is 0 Å². The van der Waals surface area contributed by atoms with Gasteiger partial charge in [0.05, 0.1) is 12.7 Å². The van der Waals surface area contributed by atoms with Gasteiger partial charge < -0.3 is 14.6 Å². The first-order valence-corrected chi connectivity index (χ1v) is 4.41. The van der Waals surface area contributed by atoms with Crippen LogP contribution in [0.3, 0.4) is 0 Å². The maximum absolute atomic E-state index is 11.4. The van der Waals surface area contributed by atoms with Crippen molar-refractivity contribution in [2.45, 2.75) is 11.7 Å². The fraction of sp³-hybridized carbons (Fsp3) is 0.556.